The summed E-state index contributed by atoms with van der Waals surface area (Å²) in [5.41, 5.74) is 1.70. The molecule has 24 heavy (non-hydrogen) atoms. The van der Waals surface area contributed by atoms with Gasteiger partial charge in [0, 0.05) is 10.0 Å². The molecule has 0 aliphatic heterocycles. The first kappa shape index (κ1) is 16.4. The lowest BCUT2D eigenvalue weighted by Crippen LogP contribution is -2.11. The first-order chi connectivity index (χ1) is 11.6. The average Bonchev–Trinajstić information content (AvgIpc) is 3.08. The fourth-order valence-corrected chi connectivity index (χ4v) is 2.42. The Morgan fingerprint density at radius 3 is 2.54 bits per heavy atom. The molecule has 0 amide bonds. The van der Waals surface area contributed by atoms with Crippen LogP contribution in [0.4, 0.5) is 0 Å². The quantitative estimate of drug-likeness (QED) is 0.609. The Hall–Kier alpha value is -2.47. The molecule has 1 aromatic heterocycles. The van der Waals surface area contributed by atoms with Gasteiger partial charge in [-0.3, -0.25) is 4.79 Å². The second-order valence-corrected chi connectivity index (χ2v) is 6.16. The summed E-state index contributed by atoms with van der Waals surface area (Å²) in [6.07, 6.45) is -0.407. The second kappa shape index (κ2) is 7.40. The van der Waals surface area contributed by atoms with Gasteiger partial charge in [-0.05, 0) is 36.8 Å². The predicted molar refractivity (Wildman–Crippen MR) is 92.1 cm³/mol. The predicted octanol–water partition coefficient (Wildman–Crippen LogP) is 4.35. The molecule has 0 aliphatic rings. The molecule has 0 fully saturated rings. The van der Waals surface area contributed by atoms with E-state index in [9.17, 15) is 4.79 Å². The number of benzene rings is 2. The van der Waals surface area contributed by atoms with Gasteiger partial charge in [0.1, 0.15) is 0 Å². The zero-order valence-electron chi connectivity index (χ0n) is 13.0. The van der Waals surface area contributed by atoms with Gasteiger partial charge in [0.2, 0.25) is 5.89 Å². The summed E-state index contributed by atoms with van der Waals surface area (Å²) >= 11 is 3.36. The van der Waals surface area contributed by atoms with Crippen LogP contribution in [-0.2, 0) is 16.0 Å². The normalized spacial score (nSPS) is 11.9. The first-order valence-corrected chi connectivity index (χ1v) is 8.24. The number of halogens is 1. The number of hydrogen-bond acceptors (Lipinski definition) is 5. The Kier molecular flexibility index (Phi) is 5.05. The highest BCUT2D eigenvalue weighted by molar-refractivity contribution is 9.10. The van der Waals surface area contributed by atoms with Crippen LogP contribution in [0, 0.1) is 0 Å². The van der Waals surface area contributed by atoms with Crippen LogP contribution in [0.5, 0.6) is 0 Å². The SMILES string of the molecule is C[C@@H](OC(=O)Cc1ccc(Br)cc1)c1nnc(-c2ccccc2)o1. The number of hydrogen-bond donors (Lipinski definition) is 0. The maximum Gasteiger partial charge on any atom is 0.311 e. The summed E-state index contributed by atoms with van der Waals surface area (Å²) in [5.74, 6) is 0.337. The zero-order valence-corrected chi connectivity index (χ0v) is 14.6. The average molecular weight is 387 g/mol. The smallest absolute Gasteiger partial charge is 0.311 e. The maximum atomic E-state index is 12.0. The van der Waals surface area contributed by atoms with Crippen LogP contribution in [-0.4, -0.2) is 16.2 Å². The minimum Gasteiger partial charge on any atom is -0.452 e. The number of esters is 1. The van der Waals surface area contributed by atoms with Gasteiger partial charge in [0.25, 0.3) is 5.89 Å². The molecule has 5 nitrogen and oxygen atoms in total. The highest BCUT2D eigenvalue weighted by Crippen LogP contribution is 2.22. The van der Waals surface area contributed by atoms with E-state index in [1.165, 1.54) is 0 Å². The lowest BCUT2D eigenvalue weighted by molar-refractivity contribution is -0.148. The van der Waals surface area contributed by atoms with E-state index in [2.05, 4.69) is 26.1 Å². The molecule has 122 valence electrons. The lowest BCUT2D eigenvalue weighted by atomic mass is 10.1. The van der Waals surface area contributed by atoms with Gasteiger partial charge in [0.05, 0.1) is 6.42 Å². The topological polar surface area (TPSA) is 65.2 Å². The van der Waals surface area contributed by atoms with Crippen LogP contribution in [0.2, 0.25) is 0 Å². The number of rotatable bonds is 5. The Morgan fingerprint density at radius 2 is 1.83 bits per heavy atom. The van der Waals surface area contributed by atoms with Gasteiger partial charge in [0.15, 0.2) is 6.10 Å². The van der Waals surface area contributed by atoms with Crippen molar-refractivity contribution in [2.75, 3.05) is 0 Å². The highest BCUT2D eigenvalue weighted by Gasteiger charge is 2.19. The van der Waals surface area contributed by atoms with Gasteiger partial charge in [-0.15, -0.1) is 10.2 Å². The van der Waals surface area contributed by atoms with Crippen molar-refractivity contribution < 1.29 is 13.9 Å². The number of carbonyl (C=O) groups excluding carboxylic acids is 1. The molecule has 0 unspecified atom stereocenters. The van der Waals surface area contributed by atoms with Crippen molar-refractivity contribution in [1.29, 1.82) is 0 Å². The number of carbonyl (C=O) groups is 1. The van der Waals surface area contributed by atoms with E-state index in [0.717, 1.165) is 15.6 Å². The molecule has 0 aliphatic carbocycles. The van der Waals surface area contributed by atoms with E-state index < -0.39 is 6.10 Å². The summed E-state index contributed by atoms with van der Waals surface area (Å²) in [5, 5.41) is 7.96. The molecule has 3 rings (SSSR count). The minimum atomic E-state index is -0.599. The van der Waals surface area contributed by atoms with Crippen LogP contribution >= 0.6 is 15.9 Å². The molecule has 0 N–H and O–H groups in total. The highest BCUT2D eigenvalue weighted by atomic mass is 79.9. The van der Waals surface area contributed by atoms with Crippen molar-refractivity contribution >= 4 is 21.9 Å². The van der Waals surface area contributed by atoms with Crippen molar-refractivity contribution in [1.82, 2.24) is 10.2 Å². The van der Waals surface area contributed by atoms with Crippen molar-refractivity contribution in [3.63, 3.8) is 0 Å². The van der Waals surface area contributed by atoms with Crippen molar-refractivity contribution in [2.45, 2.75) is 19.4 Å². The summed E-state index contributed by atoms with van der Waals surface area (Å²) in [6.45, 7) is 1.71. The van der Waals surface area contributed by atoms with E-state index >= 15 is 0 Å². The fraction of sp³-hybridized carbons (Fsp3) is 0.167. The van der Waals surface area contributed by atoms with E-state index in [1.807, 2.05) is 54.6 Å². The molecule has 0 spiro atoms. The largest absolute Gasteiger partial charge is 0.452 e. The summed E-state index contributed by atoms with van der Waals surface area (Å²) in [7, 11) is 0. The minimum absolute atomic E-state index is 0.192. The van der Waals surface area contributed by atoms with E-state index in [0.29, 0.717) is 5.89 Å². The summed E-state index contributed by atoms with van der Waals surface area (Å²) in [4.78, 5) is 12.0. The number of nitrogens with zero attached hydrogens (tertiary/aromatic N) is 2. The van der Waals surface area contributed by atoms with Crippen molar-refractivity contribution in [3.05, 3.63) is 70.5 Å². The molecule has 0 bridgehead atoms. The second-order valence-electron chi connectivity index (χ2n) is 5.25. The Balaban J connectivity index is 1.62. The van der Waals surface area contributed by atoms with E-state index in [1.54, 1.807) is 6.92 Å². The van der Waals surface area contributed by atoms with E-state index in [4.69, 9.17) is 9.15 Å². The monoisotopic (exact) mass is 386 g/mol. The molecule has 1 heterocycles. The molecule has 6 heteroatoms. The van der Waals surface area contributed by atoms with Gasteiger partial charge in [-0.1, -0.05) is 46.3 Å². The molecular formula is C18H15BrN2O3. The Labute approximate surface area is 147 Å². The molecular weight excluding hydrogens is 372 g/mol. The first-order valence-electron chi connectivity index (χ1n) is 7.44. The van der Waals surface area contributed by atoms with Crippen LogP contribution in [0.25, 0.3) is 11.5 Å². The van der Waals surface area contributed by atoms with Crippen LogP contribution < -0.4 is 0 Å². The van der Waals surface area contributed by atoms with Crippen molar-refractivity contribution in [2.24, 2.45) is 0 Å². The van der Waals surface area contributed by atoms with Crippen molar-refractivity contribution in [3.8, 4) is 11.5 Å². The van der Waals surface area contributed by atoms with Gasteiger partial charge >= 0.3 is 5.97 Å². The summed E-state index contributed by atoms with van der Waals surface area (Å²) < 4.78 is 11.9. The lowest BCUT2D eigenvalue weighted by Gasteiger charge is -2.09. The zero-order chi connectivity index (χ0) is 16.9. The Morgan fingerprint density at radius 1 is 1.12 bits per heavy atom. The molecule has 0 saturated carbocycles. The third-order valence-electron chi connectivity index (χ3n) is 3.38. The van der Waals surface area contributed by atoms with E-state index in [-0.39, 0.29) is 18.3 Å². The maximum absolute atomic E-state index is 12.0. The van der Waals surface area contributed by atoms with Gasteiger partial charge in [-0.25, -0.2) is 0 Å². The molecule has 1 atom stereocenters. The Bertz CT molecular complexity index is 816. The molecule has 0 radical (unpaired) electrons. The standard InChI is InChI=1S/C18H15BrN2O3/c1-12(23-16(22)11-13-7-9-15(19)10-8-13)17-20-21-18(24-17)14-5-3-2-4-6-14/h2-10,12H,11H2,1H3/t12-/m1/s1. The van der Waals surface area contributed by atoms with Gasteiger partial charge < -0.3 is 9.15 Å². The van der Waals surface area contributed by atoms with Crippen LogP contribution in [0.15, 0.2) is 63.5 Å². The number of ether oxygens (including phenoxy) is 1. The third kappa shape index (κ3) is 4.08. The van der Waals surface area contributed by atoms with Gasteiger partial charge in [-0.2, -0.15) is 0 Å². The fourth-order valence-electron chi connectivity index (χ4n) is 2.15. The van der Waals surface area contributed by atoms with Crippen LogP contribution in [0.3, 0.4) is 0 Å². The molecule has 0 saturated heterocycles. The molecule has 3 aromatic rings. The third-order valence-corrected chi connectivity index (χ3v) is 3.91. The van der Waals surface area contributed by atoms with Crippen LogP contribution in [0.1, 0.15) is 24.5 Å². The molecule has 2 aromatic carbocycles. The number of aromatic nitrogens is 2. The summed E-state index contributed by atoms with van der Waals surface area (Å²) in [6, 6.07) is 17.0.